The molecule has 0 atom stereocenters. The van der Waals surface area contributed by atoms with Crippen LogP contribution >= 0.6 is 11.3 Å². The van der Waals surface area contributed by atoms with Gasteiger partial charge in [-0.05, 0) is 12.8 Å². The fourth-order valence-corrected chi connectivity index (χ4v) is 2.96. The number of aromatic nitrogens is 1. The summed E-state index contributed by atoms with van der Waals surface area (Å²) in [5.74, 6) is -0.869. The van der Waals surface area contributed by atoms with E-state index in [4.69, 9.17) is 0 Å². The van der Waals surface area contributed by atoms with Gasteiger partial charge < -0.3 is 15.1 Å². The maximum Gasteiger partial charge on any atom is 0.315 e. The smallest absolute Gasteiger partial charge is 0.315 e. The number of carboxylic acid groups (broad SMARTS) is 1. The second-order valence-corrected chi connectivity index (χ2v) is 5.36. The zero-order chi connectivity index (χ0) is 11.9. The van der Waals surface area contributed by atoms with Gasteiger partial charge in [0.25, 0.3) is 0 Å². The zero-order valence-electron chi connectivity index (χ0n) is 9.17. The van der Waals surface area contributed by atoms with Gasteiger partial charge in [0.05, 0.1) is 6.10 Å². The summed E-state index contributed by atoms with van der Waals surface area (Å²) in [7, 11) is 3.73. The maximum atomic E-state index is 11.3. The van der Waals surface area contributed by atoms with Crippen LogP contribution in [0.5, 0.6) is 0 Å². The second-order valence-electron chi connectivity index (χ2n) is 4.35. The van der Waals surface area contributed by atoms with Gasteiger partial charge in [-0.1, -0.05) is 0 Å². The van der Waals surface area contributed by atoms with E-state index >= 15 is 0 Å². The molecule has 0 aliphatic heterocycles. The highest BCUT2D eigenvalue weighted by atomic mass is 32.1. The molecule has 0 radical (unpaired) electrons. The van der Waals surface area contributed by atoms with E-state index in [1.807, 2.05) is 19.0 Å². The number of aliphatic hydroxyl groups is 1. The number of nitrogens with zero attached hydrogens (tertiary/aromatic N) is 2. The van der Waals surface area contributed by atoms with Crippen LogP contribution in [0.25, 0.3) is 0 Å². The minimum atomic E-state index is -0.911. The summed E-state index contributed by atoms with van der Waals surface area (Å²) in [6.07, 6.45) is 1.69. The molecule has 16 heavy (non-hydrogen) atoms. The predicted molar refractivity (Wildman–Crippen MR) is 61.0 cm³/mol. The summed E-state index contributed by atoms with van der Waals surface area (Å²) >= 11 is 1.38. The Morgan fingerprint density at radius 3 is 2.62 bits per heavy atom. The van der Waals surface area contributed by atoms with E-state index < -0.39 is 17.5 Å². The van der Waals surface area contributed by atoms with Crippen molar-refractivity contribution in [1.82, 2.24) is 4.98 Å². The fraction of sp³-hybridized carbons (Fsp3) is 0.600. The first kappa shape index (κ1) is 11.3. The van der Waals surface area contributed by atoms with E-state index in [0.717, 1.165) is 10.0 Å². The molecule has 0 unspecified atom stereocenters. The third kappa shape index (κ3) is 1.58. The van der Waals surface area contributed by atoms with E-state index in [1.165, 1.54) is 11.3 Å². The molecule has 0 spiro atoms. The van der Waals surface area contributed by atoms with E-state index in [-0.39, 0.29) is 12.8 Å². The molecule has 1 aromatic rings. The number of rotatable bonds is 3. The average molecular weight is 242 g/mol. The molecule has 0 amide bonds. The van der Waals surface area contributed by atoms with Crippen LogP contribution in [0.3, 0.4) is 0 Å². The summed E-state index contributed by atoms with van der Waals surface area (Å²) in [6, 6.07) is 0. The number of hydrogen-bond donors (Lipinski definition) is 2. The van der Waals surface area contributed by atoms with Gasteiger partial charge in [-0.2, -0.15) is 0 Å². The Morgan fingerprint density at radius 2 is 2.25 bits per heavy atom. The predicted octanol–water partition coefficient (Wildman–Crippen LogP) is 0.686. The lowest BCUT2D eigenvalue weighted by molar-refractivity contribution is -0.152. The molecule has 1 aliphatic rings. The lowest BCUT2D eigenvalue weighted by Gasteiger charge is -2.40. The third-order valence-corrected chi connectivity index (χ3v) is 4.29. The highest BCUT2D eigenvalue weighted by molar-refractivity contribution is 7.15. The standard InChI is InChI=1S/C10H14N2O3S/c1-12(2)9-11-5-7(16-9)10(8(14)15)3-6(13)4-10/h5-6,13H,3-4H2,1-2H3,(H,14,15). The second kappa shape index (κ2) is 3.71. The van der Waals surface area contributed by atoms with Gasteiger partial charge in [-0.3, -0.25) is 4.79 Å². The van der Waals surface area contributed by atoms with Gasteiger partial charge in [0.1, 0.15) is 5.41 Å². The van der Waals surface area contributed by atoms with Crippen molar-refractivity contribution in [3.8, 4) is 0 Å². The van der Waals surface area contributed by atoms with Crippen molar-refractivity contribution in [1.29, 1.82) is 0 Å². The molecule has 6 heteroatoms. The van der Waals surface area contributed by atoms with Gasteiger partial charge in [0.15, 0.2) is 5.13 Å². The molecular weight excluding hydrogens is 228 g/mol. The number of aliphatic carboxylic acids is 1. The number of thiazole rings is 1. The van der Waals surface area contributed by atoms with E-state index in [9.17, 15) is 15.0 Å². The number of anilines is 1. The summed E-state index contributed by atoms with van der Waals surface area (Å²) in [5.41, 5.74) is -0.911. The Balaban J connectivity index is 2.30. The highest BCUT2D eigenvalue weighted by Gasteiger charge is 2.52. The Labute approximate surface area is 97.4 Å². The van der Waals surface area contributed by atoms with Crippen LogP contribution in [0, 0.1) is 0 Å². The van der Waals surface area contributed by atoms with Crippen LogP contribution < -0.4 is 4.90 Å². The first-order chi connectivity index (χ1) is 7.45. The quantitative estimate of drug-likeness (QED) is 0.815. The van der Waals surface area contributed by atoms with Crippen LogP contribution in [-0.2, 0) is 10.2 Å². The lowest BCUT2D eigenvalue weighted by Crippen LogP contribution is -2.50. The first-order valence-electron chi connectivity index (χ1n) is 5.01. The highest BCUT2D eigenvalue weighted by Crippen LogP contribution is 2.47. The molecule has 1 aromatic heterocycles. The molecule has 5 nitrogen and oxygen atoms in total. The maximum absolute atomic E-state index is 11.3. The number of carboxylic acids is 1. The topological polar surface area (TPSA) is 73.7 Å². The SMILES string of the molecule is CN(C)c1ncc(C2(C(=O)O)CC(O)C2)s1. The van der Waals surface area contributed by atoms with Gasteiger partial charge in [-0.25, -0.2) is 4.98 Å². The minimum absolute atomic E-state index is 0.289. The van der Waals surface area contributed by atoms with Crippen molar-refractivity contribution in [3.05, 3.63) is 11.1 Å². The lowest BCUT2D eigenvalue weighted by atomic mass is 9.66. The largest absolute Gasteiger partial charge is 0.481 e. The van der Waals surface area contributed by atoms with Gasteiger partial charge in [-0.15, -0.1) is 11.3 Å². The minimum Gasteiger partial charge on any atom is -0.481 e. The summed E-state index contributed by atoms with van der Waals surface area (Å²) in [5, 5.41) is 19.4. The molecule has 88 valence electrons. The molecular formula is C10H14N2O3S. The summed E-state index contributed by atoms with van der Waals surface area (Å²) in [4.78, 5) is 18.0. The Kier molecular flexibility index (Phi) is 2.63. The fourth-order valence-electron chi connectivity index (χ4n) is 1.92. The number of carbonyl (C=O) groups is 1. The Bertz CT molecular complexity index is 410. The molecule has 0 aromatic carbocycles. The third-order valence-electron chi connectivity index (χ3n) is 2.93. The van der Waals surface area contributed by atoms with E-state index in [1.54, 1.807) is 6.20 Å². The zero-order valence-corrected chi connectivity index (χ0v) is 9.99. The van der Waals surface area contributed by atoms with Crippen LogP contribution in [0.15, 0.2) is 6.20 Å². The van der Waals surface area contributed by atoms with Crippen molar-refractivity contribution >= 4 is 22.4 Å². The Hall–Kier alpha value is -1.14. The van der Waals surface area contributed by atoms with Crippen molar-refractivity contribution in [2.75, 3.05) is 19.0 Å². The average Bonchev–Trinajstić information content (AvgIpc) is 2.60. The first-order valence-corrected chi connectivity index (χ1v) is 5.82. The summed E-state index contributed by atoms with van der Waals surface area (Å²) in [6.45, 7) is 0. The van der Waals surface area contributed by atoms with Gasteiger partial charge >= 0.3 is 5.97 Å². The van der Waals surface area contributed by atoms with Crippen molar-refractivity contribution < 1.29 is 15.0 Å². The number of hydrogen-bond acceptors (Lipinski definition) is 5. The molecule has 1 saturated carbocycles. The van der Waals surface area contributed by atoms with Crippen LogP contribution in [0.4, 0.5) is 5.13 Å². The van der Waals surface area contributed by atoms with Gasteiger partial charge in [0, 0.05) is 25.2 Å². The molecule has 1 heterocycles. The van der Waals surface area contributed by atoms with Crippen molar-refractivity contribution in [2.45, 2.75) is 24.4 Å². The normalized spacial score (nSPS) is 28.6. The van der Waals surface area contributed by atoms with Crippen LogP contribution in [0.1, 0.15) is 17.7 Å². The molecule has 2 rings (SSSR count). The monoisotopic (exact) mass is 242 g/mol. The van der Waals surface area contributed by atoms with Gasteiger partial charge in [0.2, 0.25) is 0 Å². The Morgan fingerprint density at radius 1 is 1.62 bits per heavy atom. The molecule has 1 aliphatic carbocycles. The molecule has 0 saturated heterocycles. The van der Waals surface area contributed by atoms with Crippen LogP contribution in [0.2, 0.25) is 0 Å². The molecule has 1 fully saturated rings. The van der Waals surface area contributed by atoms with Crippen molar-refractivity contribution in [2.24, 2.45) is 0 Å². The number of aliphatic hydroxyl groups excluding tert-OH is 1. The van der Waals surface area contributed by atoms with E-state index in [2.05, 4.69) is 4.98 Å². The molecule has 2 N–H and O–H groups in total. The summed E-state index contributed by atoms with van der Waals surface area (Å²) < 4.78 is 0. The van der Waals surface area contributed by atoms with Crippen molar-refractivity contribution in [3.63, 3.8) is 0 Å². The van der Waals surface area contributed by atoms with E-state index in [0.29, 0.717) is 0 Å². The van der Waals surface area contributed by atoms with Crippen LogP contribution in [-0.4, -0.2) is 41.4 Å². The molecule has 0 bridgehead atoms.